The molecule has 2 aromatic carbocycles. The lowest BCUT2D eigenvalue weighted by Crippen LogP contribution is -2.42. The quantitative estimate of drug-likeness (QED) is 0.755. The maximum Gasteiger partial charge on any atom is 0.162 e. The third-order valence-corrected chi connectivity index (χ3v) is 5.07. The van der Waals surface area contributed by atoms with E-state index >= 15 is 0 Å². The van der Waals surface area contributed by atoms with Crippen LogP contribution in [0.15, 0.2) is 48.4 Å². The molecular weight excluding hydrogens is 353 g/mol. The standard InChI is InChI=1S/C21H23ClFNO2/c22-18-7-5-17(6-8-18)21(26)11-14-24(15-12-21)13-1-2-20(25)16-3-9-19(23)10-4-16/h3-10,26H,1-2,11-15H2/i3D,4D,9D,10D. The smallest absolute Gasteiger partial charge is 0.162 e. The second-order valence-electron chi connectivity index (χ2n) is 6.60. The van der Waals surface area contributed by atoms with Gasteiger partial charge in [0.15, 0.2) is 5.78 Å². The number of nitrogens with zero attached hydrogens (tertiary/aromatic N) is 1. The second kappa shape index (κ2) is 8.30. The molecule has 138 valence electrons. The zero-order chi connectivity index (χ0) is 22.1. The Morgan fingerprint density at radius 3 is 2.42 bits per heavy atom. The molecule has 1 fully saturated rings. The van der Waals surface area contributed by atoms with Crippen molar-refractivity contribution in [3.05, 3.63) is 70.4 Å². The summed E-state index contributed by atoms with van der Waals surface area (Å²) in [5.74, 6) is -1.77. The average molecular weight is 380 g/mol. The minimum absolute atomic E-state index is 0.0419. The minimum atomic E-state index is -1.25. The van der Waals surface area contributed by atoms with Gasteiger partial charge >= 0.3 is 0 Å². The van der Waals surface area contributed by atoms with Crippen LogP contribution in [0.25, 0.3) is 0 Å². The number of rotatable bonds is 6. The first-order chi connectivity index (χ1) is 14.1. The van der Waals surface area contributed by atoms with E-state index in [2.05, 4.69) is 4.90 Å². The van der Waals surface area contributed by atoms with Gasteiger partial charge in [-0.2, -0.15) is 0 Å². The van der Waals surface area contributed by atoms with E-state index in [0.29, 0.717) is 43.9 Å². The van der Waals surface area contributed by atoms with Gasteiger partial charge in [-0.3, -0.25) is 4.79 Å². The van der Waals surface area contributed by atoms with Gasteiger partial charge in [0.05, 0.1) is 11.1 Å². The molecule has 0 radical (unpaired) electrons. The fourth-order valence-corrected chi connectivity index (χ4v) is 3.35. The van der Waals surface area contributed by atoms with Crippen LogP contribution >= 0.6 is 11.6 Å². The highest BCUT2D eigenvalue weighted by molar-refractivity contribution is 6.30. The summed E-state index contributed by atoms with van der Waals surface area (Å²) in [4.78, 5) is 14.6. The Bertz CT molecular complexity index is 918. The predicted molar refractivity (Wildman–Crippen MR) is 101 cm³/mol. The molecule has 0 aromatic heterocycles. The van der Waals surface area contributed by atoms with Crippen LogP contribution in [0.5, 0.6) is 0 Å². The van der Waals surface area contributed by atoms with Crippen molar-refractivity contribution in [2.75, 3.05) is 19.6 Å². The molecule has 1 aliphatic heterocycles. The summed E-state index contributed by atoms with van der Waals surface area (Å²) in [7, 11) is 0. The molecule has 0 atom stereocenters. The number of hydrogen-bond donors (Lipinski definition) is 1. The van der Waals surface area contributed by atoms with E-state index in [1.807, 2.05) is 12.1 Å². The first kappa shape index (κ1) is 14.3. The molecule has 0 bridgehead atoms. The molecular formula is C21H23ClFNO2. The number of aliphatic hydroxyl groups is 1. The first-order valence-electron chi connectivity index (χ1n) is 10.6. The Morgan fingerprint density at radius 1 is 1.19 bits per heavy atom. The maximum atomic E-state index is 13.6. The van der Waals surface area contributed by atoms with E-state index in [4.69, 9.17) is 17.1 Å². The Morgan fingerprint density at radius 2 is 1.81 bits per heavy atom. The summed E-state index contributed by atoms with van der Waals surface area (Å²) in [6.45, 7) is 1.92. The lowest BCUT2D eigenvalue weighted by atomic mass is 9.84. The summed E-state index contributed by atoms with van der Waals surface area (Å²) >= 11 is 5.91. The van der Waals surface area contributed by atoms with Crippen LogP contribution in [0.3, 0.4) is 0 Å². The summed E-state index contributed by atoms with van der Waals surface area (Å²) in [5, 5.41) is 11.5. The van der Waals surface area contributed by atoms with Crippen LogP contribution < -0.4 is 0 Å². The van der Waals surface area contributed by atoms with E-state index in [1.54, 1.807) is 12.1 Å². The number of likely N-dealkylation sites (tertiary alicyclic amines) is 1. The van der Waals surface area contributed by atoms with E-state index in [-0.39, 0.29) is 12.0 Å². The van der Waals surface area contributed by atoms with Crippen LogP contribution in [0.2, 0.25) is 5.02 Å². The Labute approximate surface area is 164 Å². The van der Waals surface area contributed by atoms with Crippen molar-refractivity contribution in [3.8, 4) is 0 Å². The van der Waals surface area contributed by atoms with Crippen molar-refractivity contribution >= 4 is 17.4 Å². The Balaban J connectivity index is 1.55. The van der Waals surface area contributed by atoms with E-state index in [9.17, 15) is 14.3 Å². The largest absolute Gasteiger partial charge is 0.385 e. The van der Waals surface area contributed by atoms with Crippen molar-refractivity contribution in [2.24, 2.45) is 0 Å². The number of halogens is 2. The van der Waals surface area contributed by atoms with Gasteiger partial charge in [0.2, 0.25) is 0 Å². The van der Waals surface area contributed by atoms with Gasteiger partial charge in [-0.15, -0.1) is 0 Å². The van der Waals surface area contributed by atoms with Crippen LogP contribution in [0.1, 0.15) is 47.1 Å². The third kappa shape index (κ3) is 4.70. The van der Waals surface area contributed by atoms with Crippen LogP contribution in [0.4, 0.5) is 4.39 Å². The van der Waals surface area contributed by atoms with Crippen LogP contribution in [-0.4, -0.2) is 35.4 Å². The first-order valence-corrected chi connectivity index (χ1v) is 9.01. The molecule has 3 nitrogen and oxygen atoms in total. The number of carbonyl (C=O) groups is 1. The molecule has 3 rings (SSSR count). The lowest BCUT2D eigenvalue weighted by Gasteiger charge is -2.38. The molecule has 1 N–H and O–H groups in total. The molecule has 1 aliphatic rings. The highest BCUT2D eigenvalue weighted by atomic mass is 35.5. The van der Waals surface area contributed by atoms with Crippen molar-refractivity contribution in [1.82, 2.24) is 4.90 Å². The van der Waals surface area contributed by atoms with E-state index in [0.717, 1.165) is 5.56 Å². The summed E-state index contributed by atoms with van der Waals surface area (Å²) < 4.78 is 44.2. The molecule has 5 heteroatoms. The van der Waals surface area contributed by atoms with Gasteiger partial charge in [0, 0.05) is 30.1 Å². The highest BCUT2D eigenvalue weighted by Crippen LogP contribution is 2.33. The van der Waals surface area contributed by atoms with Gasteiger partial charge in [0.25, 0.3) is 0 Å². The molecule has 0 saturated carbocycles. The maximum absolute atomic E-state index is 13.6. The normalized spacial score (nSPS) is 19.3. The topological polar surface area (TPSA) is 40.5 Å². The van der Waals surface area contributed by atoms with Gasteiger partial charge in [-0.1, -0.05) is 23.7 Å². The third-order valence-electron chi connectivity index (χ3n) is 4.82. The summed E-state index contributed by atoms with van der Waals surface area (Å²) in [5.41, 5.74) is -0.427. The highest BCUT2D eigenvalue weighted by Gasteiger charge is 2.33. The van der Waals surface area contributed by atoms with Crippen molar-refractivity contribution in [2.45, 2.75) is 31.3 Å². The molecule has 0 amide bonds. The van der Waals surface area contributed by atoms with Gasteiger partial charge in [0.1, 0.15) is 5.82 Å². The second-order valence-corrected chi connectivity index (χ2v) is 7.03. The number of piperidine rings is 1. The molecule has 0 spiro atoms. The number of Topliss-reactive ketones (excluding diaryl/α,β-unsaturated/α-hetero) is 1. The zero-order valence-corrected chi connectivity index (χ0v) is 15.1. The summed E-state index contributed by atoms with van der Waals surface area (Å²) in [6.07, 6.45) is 1.62. The SMILES string of the molecule is [2H]c1c([2H])c(C(=O)CCCN2CCC(O)(c3ccc(Cl)cc3)CC2)c([2H])c([2H])c1F. The monoisotopic (exact) mass is 379 g/mol. The molecule has 1 heterocycles. The number of carbonyl (C=O) groups excluding carboxylic acids is 1. The fourth-order valence-electron chi connectivity index (χ4n) is 3.22. The van der Waals surface area contributed by atoms with Crippen molar-refractivity contribution < 1.29 is 19.8 Å². The lowest BCUT2D eigenvalue weighted by molar-refractivity contribution is -0.0260. The average Bonchev–Trinajstić information content (AvgIpc) is 2.73. The Hall–Kier alpha value is -1.75. The molecule has 0 unspecified atom stereocenters. The zero-order valence-electron chi connectivity index (χ0n) is 18.3. The summed E-state index contributed by atoms with van der Waals surface area (Å²) in [6, 6.07) is 4.26. The molecule has 2 aromatic rings. The molecule has 26 heavy (non-hydrogen) atoms. The fraction of sp³-hybridized carbons (Fsp3) is 0.381. The molecule has 1 saturated heterocycles. The van der Waals surface area contributed by atoms with Gasteiger partial charge < -0.3 is 10.0 Å². The molecule has 0 aliphatic carbocycles. The number of hydrogen-bond acceptors (Lipinski definition) is 3. The predicted octanol–water partition coefficient (Wildman–Crippen LogP) is 4.43. The number of ketones is 1. The minimum Gasteiger partial charge on any atom is -0.385 e. The van der Waals surface area contributed by atoms with E-state index < -0.39 is 41.4 Å². The van der Waals surface area contributed by atoms with Gasteiger partial charge in [-0.25, -0.2) is 4.39 Å². The van der Waals surface area contributed by atoms with Crippen molar-refractivity contribution in [1.29, 1.82) is 0 Å². The Kier molecular flexibility index (Phi) is 4.57. The number of benzene rings is 2. The van der Waals surface area contributed by atoms with Gasteiger partial charge in [-0.05, 0) is 67.7 Å². The van der Waals surface area contributed by atoms with Crippen molar-refractivity contribution in [3.63, 3.8) is 0 Å². The van der Waals surface area contributed by atoms with Crippen LogP contribution in [-0.2, 0) is 5.60 Å². The van der Waals surface area contributed by atoms with Crippen LogP contribution in [0, 0.1) is 5.82 Å². The van der Waals surface area contributed by atoms with E-state index in [1.165, 1.54) is 0 Å².